The molecule has 2 heterocycles. The molecule has 1 aromatic carbocycles. The number of hydrogen-bond acceptors (Lipinski definition) is 5. The molecule has 24 heavy (non-hydrogen) atoms. The molecule has 1 fully saturated rings. The Kier molecular flexibility index (Phi) is 4.80. The molecule has 2 N–H and O–H groups in total. The molecule has 2 amide bonds. The van der Waals surface area contributed by atoms with Gasteiger partial charge >= 0.3 is 12.0 Å². The van der Waals surface area contributed by atoms with Crippen LogP contribution in [0.1, 0.15) is 31.4 Å². The lowest BCUT2D eigenvalue weighted by Crippen LogP contribution is -2.44. The number of ether oxygens (including phenoxy) is 2. The van der Waals surface area contributed by atoms with Gasteiger partial charge in [-0.15, -0.1) is 0 Å². The highest BCUT2D eigenvalue weighted by molar-refractivity contribution is 6.08. The highest BCUT2D eigenvalue weighted by atomic mass is 16.6. The number of carbonyl (C=O) groups is 2. The first kappa shape index (κ1) is 16.4. The van der Waals surface area contributed by atoms with E-state index in [1.807, 2.05) is 0 Å². The zero-order valence-corrected chi connectivity index (χ0v) is 13.4. The molecule has 3 unspecified atom stereocenters. The van der Waals surface area contributed by atoms with Crippen molar-refractivity contribution in [1.29, 1.82) is 0 Å². The van der Waals surface area contributed by atoms with E-state index >= 15 is 0 Å². The SMILES string of the molecule is CC1=NC(=O)NC(c2ccc(O)cc2)C1C(=O)OCC1CCCO1. The molecule has 1 aromatic rings. The summed E-state index contributed by atoms with van der Waals surface area (Å²) in [4.78, 5) is 28.1. The van der Waals surface area contributed by atoms with E-state index in [4.69, 9.17) is 9.47 Å². The zero-order valence-electron chi connectivity index (χ0n) is 13.4. The quantitative estimate of drug-likeness (QED) is 0.822. The second-order valence-electron chi connectivity index (χ2n) is 6.01. The number of aliphatic imine (C=N–C) groups is 1. The third-order valence-electron chi connectivity index (χ3n) is 4.28. The van der Waals surface area contributed by atoms with Crippen LogP contribution in [0.2, 0.25) is 0 Å². The van der Waals surface area contributed by atoms with Crippen molar-refractivity contribution in [3.8, 4) is 5.75 Å². The zero-order chi connectivity index (χ0) is 17.1. The van der Waals surface area contributed by atoms with Crippen molar-refractivity contribution in [2.75, 3.05) is 13.2 Å². The topological polar surface area (TPSA) is 97.2 Å². The lowest BCUT2D eigenvalue weighted by atomic mass is 9.88. The van der Waals surface area contributed by atoms with Gasteiger partial charge in [0.2, 0.25) is 0 Å². The fraction of sp³-hybridized carbons (Fsp3) is 0.471. The first-order valence-corrected chi connectivity index (χ1v) is 7.97. The summed E-state index contributed by atoms with van der Waals surface area (Å²) < 4.78 is 10.9. The van der Waals surface area contributed by atoms with Gasteiger partial charge in [-0.25, -0.2) is 9.79 Å². The number of amides is 2. The van der Waals surface area contributed by atoms with Gasteiger partial charge < -0.3 is 19.9 Å². The predicted octanol–water partition coefficient (Wildman–Crippen LogP) is 1.96. The first-order chi connectivity index (χ1) is 11.5. The van der Waals surface area contributed by atoms with Gasteiger partial charge in [0.1, 0.15) is 18.3 Å². The first-order valence-electron chi connectivity index (χ1n) is 7.97. The van der Waals surface area contributed by atoms with Crippen LogP contribution in [-0.2, 0) is 14.3 Å². The number of nitrogens with zero attached hydrogens (tertiary/aromatic N) is 1. The minimum atomic E-state index is -0.700. The second kappa shape index (κ2) is 7.00. The summed E-state index contributed by atoms with van der Waals surface area (Å²) >= 11 is 0. The number of rotatable bonds is 4. The number of hydrogen-bond donors (Lipinski definition) is 2. The molecule has 3 atom stereocenters. The van der Waals surface area contributed by atoms with Crippen LogP contribution in [-0.4, -0.2) is 42.1 Å². The van der Waals surface area contributed by atoms with Crippen molar-refractivity contribution in [2.45, 2.75) is 31.9 Å². The smallest absolute Gasteiger partial charge is 0.341 e. The molecule has 0 spiro atoms. The third-order valence-corrected chi connectivity index (χ3v) is 4.28. The molecule has 1 saturated heterocycles. The average molecular weight is 332 g/mol. The lowest BCUT2D eigenvalue weighted by molar-refractivity contribution is -0.150. The van der Waals surface area contributed by atoms with Gasteiger partial charge in [0.25, 0.3) is 0 Å². The molecule has 0 saturated carbocycles. The summed E-state index contributed by atoms with van der Waals surface area (Å²) in [5, 5.41) is 12.1. The van der Waals surface area contributed by atoms with Gasteiger partial charge in [-0.05, 0) is 37.5 Å². The van der Waals surface area contributed by atoms with Crippen LogP contribution in [0, 0.1) is 5.92 Å². The van der Waals surface area contributed by atoms with E-state index in [9.17, 15) is 14.7 Å². The summed E-state index contributed by atoms with van der Waals surface area (Å²) in [5.41, 5.74) is 1.11. The largest absolute Gasteiger partial charge is 0.508 e. The summed E-state index contributed by atoms with van der Waals surface area (Å²) in [6.07, 6.45) is 1.79. The van der Waals surface area contributed by atoms with Crippen LogP contribution in [0.25, 0.3) is 0 Å². The van der Waals surface area contributed by atoms with Crippen molar-refractivity contribution >= 4 is 17.7 Å². The highest BCUT2D eigenvalue weighted by Gasteiger charge is 2.38. The Bertz CT molecular complexity index is 649. The van der Waals surface area contributed by atoms with Gasteiger partial charge in [0.15, 0.2) is 0 Å². The molecule has 0 radical (unpaired) electrons. The van der Waals surface area contributed by atoms with E-state index < -0.39 is 24.0 Å². The fourth-order valence-electron chi connectivity index (χ4n) is 3.02. The Morgan fingerprint density at radius 2 is 2.17 bits per heavy atom. The third kappa shape index (κ3) is 3.56. The Balaban J connectivity index is 1.77. The van der Waals surface area contributed by atoms with Crippen LogP contribution < -0.4 is 5.32 Å². The summed E-state index contributed by atoms with van der Waals surface area (Å²) in [5.74, 6) is -1.03. The molecule has 2 aliphatic heterocycles. The molecule has 0 aromatic heterocycles. The van der Waals surface area contributed by atoms with Crippen LogP contribution in [0.15, 0.2) is 29.3 Å². The van der Waals surface area contributed by atoms with E-state index in [1.54, 1.807) is 19.1 Å². The van der Waals surface area contributed by atoms with Crippen LogP contribution in [0.3, 0.4) is 0 Å². The Morgan fingerprint density at radius 1 is 1.42 bits per heavy atom. The summed E-state index contributed by atoms with van der Waals surface area (Å²) in [6.45, 7) is 2.54. The Hall–Kier alpha value is -2.41. The maximum Gasteiger partial charge on any atom is 0.341 e. The van der Waals surface area contributed by atoms with Crippen molar-refractivity contribution in [2.24, 2.45) is 10.9 Å². The van der Waals surface area contributed by atoms with Gasteiger partial charge in [-0.2, -0.15) is 0 Å². The maximum absolute atomic E-state index is 12.6. The van der Waals surface area contributed by atoms with Crippen LogP contribution in [0.4, 0.5) is 4.79 Å². The monoisotopic (exact) mass is 332 g/mol. The molecule has 7 heteroatoms. The lowest BCUT2D eigenvalue weighted by Gasteiger charge is -2.30. The van der Waals surface area contributed by atoms with Gasteiger partial charge in [0.05, 0.1) is 12.1 Å². The minimum Gasteiger partial charge on any atom is -0.508 e. The second-order valence-corrected chi connectivity index (χ2v) is 6.01. The number of benzene rings is 1. The Morgan fingerprint density at radius 3 is 2.83 bits per heavy atom. The molecule has 128 valence electrons. The summed E-state index contributed by atoms with van der Waals surface area (Å²) in [6, 6.07) is 5.29. The van der Waals surface area contributed by atoms with Crippen LogP contribution >= 0.6 is 0 Å². The number of urea groups is 1. The molecule has 0 aliphatic carbocycles. The molecule has 0 bridgehead atoms. The van der Waals surface area contributed by atoms with Crippen molar-refractivity contribution < 1.29 is 24.2 Å². The van der Waals surface area contributed by atoms with E-state index in [-0.39, 0.29) is 18.5 Å². The molecule has 2 aliphatic rings. The highest BCUT2D eigenvalue weighted by Crippen LogP contribution is 2.29. The minimum absolute atomic E-state index is 0.0588. The Labute approximate surface area is 139 Å². The maximum atomic E-state index is 12.6. The van der Waals surface area contributed by atoms with Crippen molar-refractivity contribution in [3.63, 3.8) is 0 Å². The molecule has 7 nitrogen and oxygen atoms in total. The number of esters is 1. The van der Waals surface area contributed by atoms with Crippen LogP contribution in [0.5, 0.6) is 5.75 Å². The normalized spacial score (nSPS) is 26.6. The number of carbonyl (C=O) groups excluding carboxylic acids is 2. The van der Waals surface area contributed by atoms with Crippen molar-refractivity contribution in [3.05, 3.63) is 29.8 Å². The van der Waals surface area contributed by atoms with Gasteiger partial charge in [-0.3, -0.25) is 4.79 Å². The number of nitrogens with one attached hydrogen (secondary N) is 1. The van der Waals surface area contributed by atoms with Gasteiger partial charge in [0, 0.05) is 12.3 Å². The number of aromatic hydroxyl groups is 1. The van der Waals surface area contributed by atoms with Gasteiger partial charge in [-0.1, -0.05) is 12.1 Å². The van der Waals surface area contributed by atoms with E-state index in [0.29, 0.717) is 17.9 Å². The number of phenols is 1. The number of phenolic OH excluding ortho intramolecular Hbond substituents is 1. The predicted molar refractivity (Wildman–Crippen MR) is 85.9 cm³/mol. The molecule has 3 rings (SSSR count). The standard InChI is InChI=1S/C17H20N2O5/c1-10-14(16(21)24-9-13-3-2-8-23-13)15(19-17(22)18-10)11-4-6-12(20)7-5-11/h4-7,13-15,20H,2-3,8-9H2,1H3,(H,19,22). The van der Waals surface area contributed by atoms with Crippen molar-refractivity contribution in [1.82, 2.24) is 5.32 Å². The average Bonchev–Trinajstić information content (AvgIpc) is 3.06. The molecular formula is C17H20N2O5. The molecular weight excluding hydrogens is 312 g/mol. The summed E-state index contributed by atoms with van der Waals surface area (Å²) in [7, 11) is 0. The van der Waals surface area contributed by atoms with E-state index in [1.165, 1.54) is 12.1 Å². The van der Waals surface area contributed by atoms with E-state index in [2.05, 4.69) is 10.3 Å². The van der Waals surface area contributed by atoms with E-state index in [0.717, 1.165) is 12.8 Å². The fourth-order valence-corrected chi connectivity index (χ4v) is 3.02.